The number of aryl methyl sites for hydroxylation is 2. The predicted octanol–water partition coefficient (Wildman–Crippen LogP) is 2.27. The minimum atomic E-state index is -0.562. The Kier molecular flexibility index (Phi) is 2.81. The monoisotopic (exact) mass is 242 g/mol. The van der Waals surface area contributed by atoms with Gasteiger partial charge in [0.2, 0.25) is 0 Å². The quantitative estimate of drug-likeness (QED) is 0.597. The van der Waals surface area contributed by atoms with Gasteiger partial charge in [-0.2, -0.15) is 10.4 Å². The van der Waals surface area contributed by atoms with E-state index in [4.69, 9.17) is 5.26 Å². The molecular formula is C12H10N4O2. The topological polar surface area (TPSA) is 84.8 Å². The van der Waals surface area contributed by atoms with Crippen molar-refractivity contribution in [3.63, 3.8) is 0 Å². The number of rotatable bonds is 2. The maximum atomic E-state index is 10.9. The van der Waals surface area contributed by atoms with Crippen molar-refractivity contribution >= 4 is 5.69 Å². The van der Waals surface area contributed by atoms with E-state index < -0.39 is 4.92 Å². The lowest BCUT2D eigenvalue weighted by molar-refractivity contribution is -0.385. The lowest BCUT2D eigenvalue weighted by Crippen LogP contribution is -2.01. The molecule has 0 saturated carbocycles. The fourth-order valence-corrected chi connectivity index (χ4v) is 1.79. The molecule has 6 heteroatoms. The first-order valence-corrected chi connectivity index (χ1v) is 5.25. The smallest absolute Gasteiger partial charge is 0.258 e. The summed E-state index contributed by atoms with van der Waals surface area (Å²) < 4.78 is 1.61. The molecule has 2 aromatic rings. The van der Waals surface area contributed by atoms with Crippen molar-refractivity contribution in [3.05, 3.63) is 51.3 Å². The van der Waals surface area contributed by atoms with Crippen LogP contribution in [0.4, 0.5) is 5.69 Å². The minimum absolute atomic E-state index is 0.0466. The standard InChI is InChI=1S/C12H10N4O2/c1-8-5-9(2)15(14-8)11-4-3-10(7-13)12(6-11)16(17)18/h3-6H,1-2H3. The second-order valence-corrected chi connectivity index (χ2v) is 3.91. The van der Waals surface area contributed by atoms with Crippen molar-refractivity contribution in [2.75, 3.05) is 0 Å². The van der Waals surface area contributed by atoms with Crippen LogP contribution >= 0.6 is 0 Å². The van der Waals surface area contributed by atoms with Crippen molar-refractivity contribution < 1.29 is 4.92 Å². The predicted molar refractivity (Wildman–Crippen MR) is 64.4 cm³/mol. The summed E-state index contributed by atoms with van der Waals surface area (Å²) >= 11 is 0. The van der Waals surface area contributed by atoms with E-state index >= 15 is 0 Å². The van der Waals surface area contributed by atoms with Gasteiger partial charge in [0, 0.05) is 11.8 Å². The van der Waals surface area contributed by atoms with Crippen molar-refractivity contribution in [2.45, 2.75) is 13.8 Å². The zero-order valence-corrected chi connectivity index (χ0v) is 9.91. The van der Waals surface area contributed by atoms with E-state index in [1.807, 2.05) is 19.9 Å². The van der Waals surface area contributed by atoms with Crippen molar-refractivity contribution in [1.82, 2.24) is 9.78 Å². The van der Waals surface area contributed by atoms with Gasteiger partial charge in [0.15, 0.2) is 0 Å². The molecule has 0 amide bonds. The summed E-state index contributed by atoms with van der Waals surface area (Å²) in [6, 6.07) is 8.12. The van der Waals surface area contributed by atoms with E-state index in [1.165, 1.54) is 12.1 Å². The first kappa shape index (κ1) is 11.8. The molecule has 0 fully saturated rings. The molecule has 90 valence electrons. The molecule has 0 bridgehead atoms. The molecule has 1 heterocycles. The van der Waals surface area contributed by atoms with Gasteiger partial charge in [0.25, 0.3) is 5.69 Å². The third kappa shape index (κ3) is 1.94. The number of aromatic nitrogens is 2. The van der Waals surface area contributed by atoms with E-state index in [-0.39, 0.29) is 11.3 Å². The van der Waals surface area contributed by atoms with E-state index in [9.17, 15) is 10.1 Å². The molecule has 0 aliphatic heterocycles. The highest BCUT2D eigenvalue weighted by molar-refractivity contribution is 5.54. The van der Waals surface area contributed by atoms with Gasteiger partial charge in [0.05, 0.1) is 16.3 Å². The van der Waals surface area contributed by atoms with Gasteiger partial charge in [-0.15, -0.1) is 0 Å². The molecule has 0 aliphatic rings. The SMILES string of the molecule is Cc1cc(C)n(-c2ccc(C#N)c([N+](=O)[O-])c2)n1. The molecular weight excluding hydrogens is 232 g/mol. The number of nitrogens with zero attached hydrogens (tertiary/aromatic N) is 4. The molecule has 1 aromatic carbocycles. The maximum Gasteiger partial charge on any atom is 0.289 e. The number of nitriles is 1. The first-order chi connectivity index (χ1) is 8.52. The molecule has 0 spiro atoms. The molecule has 18 heavy (non-hydrogen) atoms. The van der Waals surface area contributed by atoms with Crippen molar-refractivity contribution in [3.8, 4) is 11.8 Å². The minimum Gasteiger partial charge on any atom is -0.258 e. The number of hydrogen-bond donors (Lipinski definition) is 0. The molecule has 0 unspecified atom stereocenters. The molecule has 0 N–H and O–H groups in total. The Balaban J connectivity index is 2.61. The molecule has 6 nitrogen and oxygen atoms in total. The van der Waals surface area contributed by atoms with Crippen molar-refractivity contribution in [1.29, 1.82) is 5.26 Å². The third-order valence-corrected chi connectivity index (χ3v) is 2.55. The third-order valence-electron chi connectivity index (χ3n) is 2.55. The van der Waals surface area contributed by atoms with E-state index in [1.54, 1.807) is 16.8 Å². The van der Waals surface area contributed by atoms with Gasteiger partial charge >= 0.3 is 0 Å². The van der Waals surface area contributed by atoms with Gasteiger partial charge in [-0.3, -0.25) is 10.1 Å². The Morgan fingerprint density at radius 3 is 2.61 bits per heavy atom. The zero-order chi connectivity index (χ0) is 13.3. The van der Waals surface area contributed by atoms with Crippen LogP contribution in [0.15, 0.2) is 24.3 Å². The summed E-state index contributed by atoms with van der Waals surface area (Å²) in [5.74, 6) is 0. The largest absolute Gasteiger partial charge is 0.289 e. The average molecular weight is 242 g/mol. The lowest BCUT2D eigenvalue weighted by atomic mass is 10.2. The molecule has 0 aliphatic carbocycles. The number of nitro benzene ring substituents is 1. The Labute approximate surface area is 103 Å². The summed E-state index contributed by atoms with van der Waals surface area (Å²) in [7, 11) is 0. The van der Waals surface area contributed by atoms with E-state index in [0.717, 1.165) is 11.4 Å². The van der Waals surface area contributed by atoms with E-state index in [0.29, 0.717) is 5.69 Å². The summed E-state index contributed by atoms with van der Waals surface area (Å²) in [6.45, 7) is 3.71. The van der Waals surface area contributed by atoms with Crippen LogP contribution in [0.3, 0.4) is 0 Å². The van der Waals surface area contributed by atoms with Gasteiger partial charge in [-0.25, -0.2) is 4.68 Å². The van der Waals surface area contributed by atoms with Crippen LogP contribution in [0, 0.1) is 35.3 Å². The summed E-state index contributed by atoms with van der Waals surface area (Å²) in [5, 5.41) is 23.9. The van der Waals surface area contributed by atoms with Crippen LogP contribution in [0.5, 0.6) is 0 Å². The van der Waals surface area contributed by atoms with Gasteiger partial charge in [0.1, 0.15) is 11.6 Å². The highest BCUT2D eigenvalue weighted by atomic mass is 16.6. The summed E-state index contributed by atoms with van der Waals surface area (Å²) in [4.78, 5) is 10.3. The maximum absolute atomic E-state index is 10.9. The molecule has 0 radical (unpaired) electrons. The van der Waals surface area contributed by atoms with Crippen LogP contribution < -0.4 is 0 Å². The fraction of sp³-hybridized carbons (Fsp3) is 0.167. The van der Waals surface area contributed by atoms with Crippen LogP contribution in [0.1, 0.15) is 17.0 Å². The molecule has 0 saturated heterocycles. The van der Waals surface area contributed by atoms with E-state index in [2.05, 4.69) is 5.10 Å². The van der Waals surface area contributed by atoms with Crippen LogP contribution in [0.25, 0.3) is 5.69 Å². The van der Waals surface area contributed by atoms with Gasteiger partial charge < -0.3 is 0 Å². The second kappa shape index (κ2) is 4.30. The van der Waals surface area contributed by atoms with Gasteiger partial charge in [-0.05, 0) is 32.0 Å². The van der Waals surface area contributed by atoms with Crippen LogP contribution in [-0.2, 0) is 0 Å². The van der Waals surface area contributed by atoms with Crippen LogP contribution in [0.2, 0.25) is 0 Å². The average Bonchev–Trinajstić information content (AvgIpc) is 2.67. The van der Waals surface area contributed by atoms with Crippen LogP contribution in [-0.4, -0.2) is 14.7 Å². The lowest BCUT2D eigenvalue weighted by Gasteiger charge is -2.04. The highest BCUT2D eigenvalue weighted by Gasteiger charge is 2.15. The first-order valence-electron chi connectivity index (χ1n) is 5.25. The summed E-state index contributed by atoms with van der Waals surface area (Å²) in [6.07, 6.45) is 0. The number of nitro groups is 1. The summed E-state index contributed by atoms with van der Waals surface area (Å²) in [5.41, 5.74) is 2.13. The molecule has 1 aromatic heterocycles. The zero-order valence-electron chi connectivity index (χ0n) is 9.91. The Morgan fingerprint density at radius 2 is 2.11 bits per heavy atom. The Morgan fingerprint density at radius 1 is 1.39 bits per heavy atom. The normalized spacial score (nSPS) is 10.1. The Bertz CT molecular complexity index is 667. The number of benzene rings is 1. The second-order valence-electron chi connectivity index (χ2n) is 3.91. The van der Waals surface area contributed by atoms with Crippen molar-refractivity contribution in [2.24, 2.45) is 0 Å². The Hall–Kier alpha value is -2.68. The molecule has 2 rings (SSSR count). The number of hydrogen-bond acceptors (Lipinski definition) is 4. The fourth-order valence-electron chi connectivity index (χ4n) is 1.79. The molecule has 0 atom stereocenters. The van der Waals surface area contributed by atoms with Gasteiger partial charge in [-0.1, -0.05) is 0 Å². The highest BCUT2D eigenvalue weighted by Crippen LogP contribution is 2.22.